The molecule has 1 saturated heterocycles. The minimum Gasteiger partial charge on any atom is -0.444 e. The van der Waals surface area contributed by atoms with Crippen LogP contribution in [0.25, 0.3) is 0 Å². The minimum absolute atomic E-state index is 0.104. The number of ether oxygens (including phenoxy) is 1. The number of aryl methyl sites for hydroxylation is 2. The molecule has 3 aliphatic rings. The summed E-state index contributed by atoms with van der Waals surface area (Å²) in [6.45, 7) is 7.53. The lowest BCUT2D eigenvalue weighted by molar-refractivity contribution is 0.0280. The third kappa shape index (κ3) is 7.16. The zero-order valence-corrected chi connectivity index (χ0v) is 23.5. The molecule has 1 heterocycles. The Hall–Kier alpha value is -2.33. The van der Waals surface area contributed by atoms with E-state index in [2.05, 4.69) is 21.0 Å². The van der Waals surface area contributed by atoms with E-state index < -0.39 is 21.7 Å². The van der Waals surface area contributed by atoms with Gasteiger partial charge in [-0.05, 0) is 107 Å². The number of nitrogens with zero attached hydrogens (tertiary/aromatic N) is 2. The molecule has 10 heteroatoms. The maximum atomic E-state index is 12.8. The molecular formula is C27H42N4O5S. The van der Waals surface area contributed by atoms with Crippen molar-refractivity contribution in [2.75, 3.05) is 37.8 Å². The second-order valence-corrected chi connectivity index (χ2v) is 13.5. The first-order valence-electron chi connectivity index (χ1n) is 13.6. The molecule has 0 radical (unpaired) electrons. The van der Waals surface area contributed by atoms with Gasteiger partial charge in [0.2, 0.25) is 10.0 Å². The first-order valence-corrected chi connectivity index (χ1v) is 15.2. The number of hydrogen-bond acceptors (Lipinski definition) is 6. The summed E-state index contributed by atoms with van der Waals surface area (Å²) >= 11 is 0. The van der Waals surface area contributed by atoms with Crippen LogP contribution in [0.3, 0.4) is 0 Å². The van der Waals surface area contributed by atoms with Crippen LogP contribution < -0.4 is 10.0 Å². The minimum atomic E-state index is -3.78. The van der Waals surface area contributed by atoms with Crippen LogP contribution in [0, 0.1) is 0 Å². The third-order valence-corrected chi connectivity index (χ3v) is 8.88. The van der Waals surface area contributed by atoms with E-state index in [9.17, 15) is 18.0 Å². The van der Waals surface area contributed by atoms with E-state index in [1.165, 1.54) is 22.3 Å². The molecule has 2 N–H and O–H groups in total. The molecule has 206 valence electrons. The lowest BCUT2D eigenvalue weighted by atomic mass is 9.99. The second-order valence-electron chi connectivity index (χ2n) is 11.6. The number of nitrogens with one attached hydrogen (secondary N) is 2. The molecule has 2 aliphatic carbocycles. The van der Waals surface area contributed by atoms with Crippen LogP contribution in [0.4, 0.5) is 15.3 Å². The number of carbonyl (C=O) groups excluding carboxylic acids is 2. The van der Waals surface area contributed by atoms with Gasteiger partial charge in [0.15, 0.2) is 0 Å². The smallest absolute Gasteiger partial charge is 0.410 e. The predicted octanol–water partition coefficient (Wildman–Crippen LogP) is 3.84. The van der Waals surface area contributed by atoms with Crippen molar-refractivity contribution in [3.05, 3.63) is 28.3 Å². The Morgan fingerprint density at radius 1 is 1.08 bits per heavy atom. The molecule has 0 unspecified atom stereocenters. The molecule has 0 bridgehead atoms. The topological polar surface area (TPSA) is 108 Å². The van der Waals surface area contributed by atoms with Gasteiger partial charge in [-0.2, -0.15) is 0 Å². The van der Waals surface area contributed by atoms with Crippen molar-refractivity contribution in [2.45, 2.75) is 90.2 Å². The number of likely N-dealkylation sites (N-methyl/N-ethyl adjacent to an activating group) is 1. The highest BCUT2D eigenvalue weighted by atomic mass is 32.2. The molecule has 37 heavy (non-hydrogen) atoms. The lowest BCUT2D eigenvalue weighted by Gasteiger charge is -2.28. The fourth-order valence-corrected chi connectivity index (χ4v) is 6.83. The highest BCUT2D eigenvalue weighted by Crippen LogP contribution is 2.38. The maximum absolute atomic E-state index is 12.8. The molecule has 4 rings (SSSR count). The zero-order chi connectivity index (χ0) is 26.8. The van der Waals surface area contributed by atoms with Gasteiger partial charge in [-0.3, -0.25) is 4.90 Å². The van der Waals surface area contributed by atoms with Gasteiger partial charge in [-0.25, -0.2) is 22.7 Å². The summed E-state index contributed by atoms with van der Waals surface area (Å²) in [5, 5.41) is 2.91. The Morgan fingerprint density at radius 2 is 1.73 bits per heavy atom. The fourth-order valence-electron chi connectivity index (χ4n) is 5.82. The lowest BCUT2D eigenvalue weighted by Crippen LogP contribution is -2.42. The monoisotopic (exact) mass is 534 g/mol. The molecule has 1 aromatic carbocycles. The van der Waals surface area contributed by atoms with Gasteiger partial charge in [0.25, 0.3) is 0 Å². The van der Waals surface area contributed by atoms with E-state index in [0.29, 0.717) is 19.5 Å². The van der Waals surface area contributed by atoms with E-state index >= 15 is 0 Å². The fraction of sp³-hybridized carbons (Fsp3) is 0.704. The molecule has 1 aromatic rings. The normalized spacial score (nSPS) is 19.4. The number of sulfonamides is 1. The summed E-state index contributed by atoms with van der Waals surface area (Å²) in [5.41, 5.74) is 5.22. The van der Waals surface area contributed by atoms with Crippen LogP contribution in [-0.2, 0) is 40.4 Å². The number of urea groups is 1. The van der Waals surface area contributed by atoms with E-state index in [4.69, 9.17) is 4.74 Å². The number of carbonyl (C=O) groups is 2. The van der Waals surface area contributed by atoms with Gasteiger partial charge < -0.3 is 15.0 Å². The van der Waals surface area contributed by atoms with E-state index in [-0.39, 0.29) is 17.9 Å². The Balaban J connectivity index is 1.28. The summed E-state index contributed by atoms with van der Waals surface area (Å²) < 4.78 is 33.2. The largest absolute Gasteiger partial charge is 0.444 e. The Morgan fingerprint density at radius 3 is 2.35 bits per heavy atom. The van der Waals surface area contributed by atoms with Crippen molar-refractivity contribution in [3.8, 4) is 0 Å². The van der Waals surface area contributed by atoms with Crippen molar-refractivity contribution < 1.29 is 22.7 Å². The van der Waals surface area contributed by atoms with Crippen molar-refractivity contribution in [2.24, 2.45) is 0 Å². The first-order chi connectivity index (χ1) is 17.4. The van der Waals surface area contributed by atoms with Crippen LogP contribution in [0.15, 0.2) is 6.07 Å². The zero-order valence-electron chi connectivity index (χ0n) is 22.7. The average Bonchev–Trinajstić information content (AvgIpc) is 3.54. The summed E-state index contributed by atoms with van der Waals surface area (Å²) in [6, 6.07) is 1.72. The predicted molar refractivity (Wildman–Crippen MR) is 145 cm³/mol. The van der Waals surface area contributed by atoms with E-state index in [0.717, 1.165) is 63.6 Å². The van der Waals surface area contributed by atoms with Crippen molar-refractivity contribution >= 4 is 27.8 Å². The summed E-state index contributed by atoms with van der Waals surface area (Å²) in [7, 11) is -2.07. The van der Waals surface area contributed by atoms with Gasteiger partial charge in [0.05, 0.1) is 5.75 Å². The molecule has 0 saturated carbocycles. The van der Waals surface area contributed by atoms with Crippen LogP contribution in [0.5, 0.6) is 0 Å². The van der Waals surface area contributed by atoms with Gasteiger partial charge in [-0.1, -0.05) is 6.07 Å². The molecule has 9 nitrogen and oxygen atoms in total. The number of likely N-dealkylation sites (tertiary alicyclic amines) is 1. The SMILES string of the molecule is CN(CCN1CCC[C@@H]1CCS(=O)(=O)NC(=O)Nc1c2c(cc3c1CCC3)CCC2)C(=O)OC(C)(C)C. The Kier molecular flexibility index (Phi) is 8.38. The van der Waals surface area contributed by atoms with Crippen molar-refractivity contribution in [1.29, 1.82) is 0 Å². The number of fused-ring (bicyclic) bond motifs is 2. The van der Waals surface area contributed by atoms with Crippen LogP contribution >= 0.6 is 0 Å². The Labute approximate surface area is 221 Å². The molecule has 0 aromatic heterocycles. The molecule has 3 amide bonds. The van der Waals surface area contributed by atoms with E-state index in [1.807, 2.05) is 20.8 Å². The highest BCUT2D eigenvalue weighted by molar-refractivity contribution is 7.90. The first kappa shape index (κ1) is 27.7. The number of amides is 3. The standard InChI is InChI=1S/C27H42N4O5S/c1-27(2,3)36-26(33)30(4)15-16-31-14-7-10-21(31)13-17-37(34,35)29-25(32)28-24-22-11-5-8-19(22)18-20-9-6-12-23(20)24/h18,21H,5-17H2,1-4H3,(H2,28,29,32)/t21-/m1/s1. The van der Waals surface area contributed by atoms with E-state index in [1.54, 1.807) is 11.9 Å². The van der Waals surface area contributed by atoms with Crippen LogP contribution in [-0.4, -0.2) is 74.4 Å². The molecule has 1 atom stereocenters. The average molecular weight is 535 g/mol. The van der Waals surface area contributed by atoms with Gasteiger partial charge >= 0.3 is 12.1 Å². The quantitative estimate of drug-likeness (QED) is 0.525. The molecular weight excluding hydrogens is 492 g/mol. The van der Waals surface area contributed by atoms with Crippen molar-refractivity contribution in [1.82, 2.24) is 14.5 Å². The number of benzene rings is 1. The summed E-state index contributed by atoms with van der Waals surface area (Å²) in [6.07, 6.45) is 7.98. The molecule has 1 aliphatic heterocycles. The van der Waals surface area contributed by atoms with Gasteiger partial charge in [-0.15, -0.1) is 0 Å². The van der Waals surface area contributed by atoms with Crippen molar-refractivity contribution in [3.63, 3.8) is 0 Å². The maximum Gasteiger partial charge on any atom is 0.410 e. The molecule has 0 spiro atoms. The third-order valence-electron chi connectivity index (χ3n) is 7.61. The van der Waals surface area contributed by atoms with Crippen LogP contribution in [0.2, 0.25) is 0 Å². The number of hydrogen-bond donors (Lipinski definition) is 2. The van der Waals surface area contributed by atoms with Gasteiger partial charge in [0, 0.05) is 31.9 Å². The number of rotatable bonds is 8. The Bertz CT molecular complexity index is 1100. The summed E-state index contributed by atoms with van der Waals surface area (Å²) in [4.78, 5) is 28.8. The summed E-state index contributed by atoms with van der Waals surface area (Å²) in [5.74, 6) is -0.117. The van der Waals surface area contributed by atoms with Gasteiger partial charge in [0.1, 0.15) is 5.60 Å². The second kappa shape index (κ2) is 11.2. The highest BCUT2D eigenvalue weighted by Gasteiger charge is 2.29. The van der Waals surface area contributed by atoms with Crippen LogP contribution in [0.1, 0.15) is 75.1 Å². The molecule has 1 fully saturated rings. The number of anilines is 1.